The zero-order valence-electron chi connectivity index (χ0n) is 15.9. The molecule has 0 radical (unpaired) electrons. The number of rotatable bonds is 6. The van der Waals surface area contributed by atoms with Gasteiger partial charge in [-0.1, -0.05) is 55.5 Å². The summed E-state index contributed by atoms with van der Waals surface area (Å²) in [5.74, 6) is 1.50. The fraction of sp³-hybridized carbons (Fsp3) is 0.261. The summed E-state index contributed by atoms with van der Waals surface area (Å²) in [4.78, 5) is 14.7. The van der Waals surface area contributed by atoms with Crippen LogP contribution in [0, 0.1) is 0 Å². The van der Waals surface area contributed by atoms with Crippen LogP contribution in [-0.4, -0.2) is 43.2 Å². The number of carbonyl (C=O) groups is 1. The Labute approximate surface area is 164 Å². The number of hydrogen-bond acceptors (Lipinski definition) is 4. The van der Waals surface area contributed by atoms with Gasteiger partial charge in [0.1, 0.15) is 12.7 Å². The average molecular weight is 376 g/mol. The number of likely N-dealkylation sites (N-methyl/N-ethyl adjacent to an activating group) is 1. The fourth-order valence-electron chi connectivity index (χ4n) is 3.47. The molecule has 4 rings (SSSR count). The van der Waals surface area contributed by atoms with Crippen molar-refractivity contribution in [3.8, 4) is 11.5 Å². The molecule has 3 aromatic carbocycles. The zero-order valence-corrected chi connectivity index (χ0v) is 15.9. The van der Waals surface area contributed by atoms with Crippen LogP contribution in [0.3, 0.4) is 0 Å². The van der Waals surface area contributed by atoms with Gasteiger partial charge >= 0.3 is 0 Å². The van der Waals surface area contributed by atoms with E-state index in [2.05, 4.69) is 10.2 Å². The molecule has 5 heteroatoms. The Bertz CT molecular complexity index is 967. The molecule has 5 nitrogen and oxygen atoms in total. The zero-order chi connectivity index (χ0) is 19.3. The van der Waals surface area contributed by atoms with Gasteiger partial charge in [-0.25, -0.2) is 0 Å². The Balaban J connectivity index is 1.38. The topological polar surface area (TPSA) is 50.8 Å². The summed E-state index contributed by atoms with van der Waals surface area (Å²) in [7, 11) is 0. The maximum absolute atomic E-state index is 12.6. The van der Waals surface area contributed by atoms with Crippen LogP contribution < -0.4 is 14.8 Å². The van der Waals surface area contributed by atoms with Crippen molar-refractivity contribution in [2.24, 2.45) is 0 Å². The van der Waals surface area contributed by atoms with Crippen LogP contribution in [-0.2, 0) is 4.79 Å². The Morgan fingerprint density at radius 1 is 1.04 bits per heavy atom. The molecule has 1 N–H and O–H groups in total. The normalized spacial score (nSPS) is 15.6. The summed E-state index contributed by atoms with van der Waals surface area (Å²) < 4.78 is 11.8. The molecule has 0 bridgehead atoms. The van der Waals surface area contributed by atoms with Gasteiger partial charge in [0.05, 0.1) is 6.54 Å². The average Bonchev–Trinajstić information content (AvgIpc) is 2.73. The van der Waals surface area contributed by atoms with Gasteiger partial charge in [0.25, 0.3) is 0 Å². The molecule has 0 fully saturated rings. The van der Waals surface area contributed by atoms with Crippen molar-refractivity contribution in [3.63, 3.8) is 0 Å². The molecule has 1 aliphatic rings. The smallest absolute Gasteiger partial charge is 0.238 e. The van der Waals surface area contributed by atoms with Crippen LogP contribution in [0.4, 0.5) is 5.69 Å². The monoisotopic (exact) mass is 376 g/mol. The SMILES string of the molecule is CCN(CC(=O)Nc1cccc2ccccc12)CC1COc2ccccc2O1. The van der Waals surface area contributed by atoms with Crippen LogP contribution in [0.1, 0.15) is 6.92 Å². The molecule has 144 valence electrons. The maximum Gasteiger partial charge on any atom is 0.238 e. The van der Waals surface area contributed by atoms with E-state index in [9.17, 15) is 4.79 Å². The van der Waals surface area contributed by atoms with Crippen LogP contribution in [0.5, 0.6) is 11.5 Å². The van der Waals surface area contributed by atoms with Crippen molar-refractivity contribution >= 4 is 22.4 Å². The second kappa shape index (κ2) is 8.31. The number of amides is 1. The molecule has 1 aliphatic heterocycles. The second-order valence-corrected chi connectivity index (χ2v) is 6.90. The molecule has 1 heterocycles. The highest BCUT2D eigenvalue weighted by atomic mass is 16.6. The highest BCUT2D eigenvalue weighted by Crippen LogP contribution is 2.31. The Morgan fingerprint density at radius 2 is 1.79 bits per heavy atom. The van der Waals surface area contributed by atoms with Crippen molar-refractivity contribution in [1.29, 1.82) is 0 Å². The third kappa shape index (κ3) is 4.10. The van der Waals surface area contributed by atoms with Crippen LogP contribution >= 0.6 is 0 Å². The van der Waals surface area contributed by atoms with Gasteiger partial charge in [-0.3, -0.25) is 9.69 Å². The van der Waals surface area contributed by atoms with Gasteiger partial charge in [0.15, 0.2) is 11.5 Å². The molecule has 3 aromatic rings. The number of ether oxygens (including phenoxy) is 2. The summed E-state index contributed by atoms with van der Waals surface area (Å²) in [6.07, 6.45) is -0.0970. The lowest BCUT2D eigenvalue weighted by molar-refractivity contribution is -0.117. The molecule has 0 spiro atoms. The maximum atomic E-state index is 12.6. The quantitative estimate of drug-likeness (QED) is 0.708. The van der Waals surface area contributed by atoms with E-state index < -0.39 is 0 Å². The Hall–Kier alpha value is -3.05. The highest BCUT2D eigenvalue weighted by Gasteiger charge is 2.23. The second-order valence-electron chi connectivity index (χ2n) is 6.90. The van der Waals surface area contributed by atoms with Crippen molar-refractivity contribution in [3.05, 3.63) is 66.7 Å². The molecule has 28 heavy (non-hydrogen) atoms. The predicted molar refractivity (Wildman–Crippen MR) is 111 cm³/mol. The molecule has 0 saturated heterocycles. The molecule has 0 aromatic heterocycles. The number of anilines is 1. The molecule has 0 saturated carbocycles. The molecule has 1 unspecified atom stereocenters. The lowest BCUT2D eigenvalue weighted by Gasteiger charge is -2.30. The van der Waals surface area contributed by atoms with E-state index >= 15 is 0 Å². The van der Waals surface area contributed by atoms with Gasteiger partial charge in [0, 0.05) is 17.6 Å². The van der Waals surface area contributed by atoms with E-state index in [1.807, 2.05) is 73.7 Å². The van der Waals surface area contributed by atoms with Crippen LogP contribution in [0.2, 0.25) is 0 Å². The Kier molecular flexibility index (Phi) is 5.44. The summed E-state index contributed by atoms with van der Waals surface area (Å²) >= 11 is 0. The van der Waals surface area contributed by atoms with E-state index in [-0.39, 0.29) is 12.0 Å². The summed E-state index contributed by atoms with van der Waals surface area (Å²) in [5, 5.41) is 5.20. The lowest BCUT2D eigenvalue weighted by Crippen LogP contribution is -2.43. The number of nitrogens with zero attached hydrogens (tertiary/aromatic N) is 1. The first-order valence-corrected chi connectivity index (χ1v) is 9.61. The first-order valence-electron chi connectivity index (χ1n) is 9.61. The van der Waals surface area contributed by atoms with Crippen molar-refractivity contribution < 1.29 is 14.3 Å². The summed E-state index contributed by atoms with van der Waals surface area (Å²) in [6.45, 7) is 4.22. The minimum Gasteiger partial charge on any atom is -0.486 e. The number of benzene rings is 3. The largest absolute Gasteiger partial charge is 0.486 e. The van der Waals surface area contributed by atoms with E-state index in [1.54, 1.807) is 0 Å². The van der Waals surface area contributed by atoms with Crippen molar-refractivity contribution in [1.82, 2.24) is 4.90 Å². The van der Waals surface area contributed by atoms with Gasteiger partial charge in [-0.2, -0.15) is 0 Å². The summed E-state index contributed by atoms with van der Waals surface area (Å²) in [6, 6.07) is 21.7. The first-order chi connectivity index (χ1) is 13.7. The number of carbonyl (C=O) groups excluding carboxylic acids is 1. The Morgan fingerprint density at radius 3 is 2.64 bits per heavy atom. The lowest BCUT2D eigenvalue weighted by atomic mass is 10.1. The number of para-hydroxylation sites is 2. The minimum atomic E-state index is -0.0970. The fourth-order valence-corrected chi connectivity index (χ4v) is 3.47. The molecule has 0 aliphatic carbocycles. The minimum absolute atomic E-state index is 0.0321. The molecule has 1 atom stereocenters. The number of fused-ring (bicyclic) bond motifs is 2. The third-order valence-electron chi connectivity index (χ3n) is 4.91. The van der Waals surface area contributed by atoms with E-state index in [4.69, 9.17) is 9.47 Å². The number of hydrogen-bond donors (Lipinski definition) is 1. The summed E-state index contributed by atoms with van der Waals surface area (Å²) in [5.41, 5.74) is 0.838. The standard InChI is InChI=1S/C23H24N2O3/c1-2-25(14-18-16-27-21-12-5-6-13-22(21)28-18)15-23(26)24-20-11-7-9-17-8-3-4-10-19(17)20/h3-13,18H,2,14-16H2,1H3,(H,24,26). The molecular weight excluding hydrogens is 352 g/mol. The van der Waals surface area contributed by atoms with Crippen molar-refractivity contribution in [2.45, 2.75) is 13.0 Å². The molecule has 1 amide bonds. The van der Waals surface area contributed by atoms with E-state index in [0.717, 1.165) is 34.5 Å². The van der Waals surface area contributed by atoms with Crippen LogP contribution in [0.25, 0.3) is 10.8 Å². The third-order valence-corrected chi connectivity index (χ3v) is 4.91. The van der Waals surface area contributed by atoms with Gasteiger partial charge in [-0.15, -0.1) is 0 Å². The van der Waals surface area contributed by atoms with E-state index in [0.29, 0.717) is 19.7 Å². The van der Waals surface area contributed by atoms with Gasteiger partial charge < -0.3 is 14.8 Å². The molecular formula is C23H24N2O3. The predicted octanol–water partition coefficient (Wildman–Crippen LogP) is 3.94. The van der Waals surface area contributed by atoms with Crippen LogP contribution in [0.15, 0.2) is 66.7 Å². The highest BCUT2D eigenvalue weighted by molar-refractivity contribution is 6.02. The number of nitrogens with one attached hydrogen (secondary N) is 1. The van der Waals surface area contributed by atoms with Gasteiger partial charge in [-0.05, 0) is 30.1 Å². The van der Waals surface area contributed by atoms with Gasteiger partial charge in [0.2, 0.25) is 5.91 Å². The first kappa shape index (κ1) is 18.3. The van der Waals surface area contributed by atoms with Crippen molar-refractivity contribution in [2.75, 3.05) is 31.6 Å². The van der Waals surface area contributed by atoms with E-state index in [1.165, 1.54) is 0 Å².